The Hall–Kier alpha value is -2.03. The van der Waals surface area contributed by atoms with Gasteiger partial charge in [-0.15, -0.1) is 0 Å². The minimum Gasteiger partial charge on any atom is -0.322 e. The molecule has 2 aliphatic rings. The maximum atomic E-state index is 12.8. The molecule has 1 unspecified atom stereocenters. The fraction of sp³-hybridized carbons (Fsp3) is 0.500. The highest BCUT2D eigenvalue weighted by atomic mass is 19.4. The zero-order chi connectivity index (χ0) is 16.1. The standard InChI is InChI=1S/C16H15F3N2O/c1-10(8-20)21(14(22)15-6-13(15)7-15)9-11-3-2-4-12(5-11)16(17,18)19/h2-5,10,13H,6-7,9H2,1H3. The van der Waals surface area contributed by atoms with Crippen molar-refractivity contribution in [1.82, 2.24) is 4.90 Å². The Morgan fingerprint density at radius 2 is 2.14 bits per heavy atom. The molecule has 1 atom stereocenters. The van der Waals surface area contributed by atoms with E-state index in [2.05, 4.69) is 0 Å². The largest absolute Gasteiger partial charge is 0.416 e. The number of fused-ring (bicyclic) bond motifs is 1. The molecule has 6 heteroatoms. The first-order chi connectivity index (χ1) is 10.3. The van der Waals surface area contributed by atoms with Gasteiger partial charge >= 0.3 is 6.18 Å². The lowest BCUT2D eigenvalue weighted by Crippen LogP contribution is -2.40. The quantitative estimate of drug-likeness (QED) is 0.856. The van der Waals surface area contributed by atoms with Crippen molar-refractivity contribution in [2.45, 2.75) is 38.5 Å². The van der Waals surface area contributed by atoms with E-state index in [1.165, 1.54) is 11.0 Å². The number of amides is 1. The third kappa shape index (κ3) is 2.45. The number of hydrogen-bond acceptors (Lipinski definition) is 2. The molecule has 0 aliphatic heterocycles. The molecule has 22 heavy (non-hydrogen) atoms. The fourth-order valence-corrected chi connectivity index (χ4v) is 2.83. The van der Waals surface area contributed by atoms with E-state index in [4.69, 9.17) is 5.26 Å². The molecule has 2 aliphatic carbocycles. The van der Waals surface area contributed by atoms with E-state index in [1.807, 2.05) is 6.07 Å². The molecule has 2 saturated carbocycles. The highest BCUT2D eigenvalue weighted by molar-refractivity contribution is 5.90. The lowest BCUT2D eigenvalue weighted by molar-refractivity contribution is -0.137. The highest BCUT2D eigenvalue weighted by Gasteiger charge is 2.75. The van der Waals surface area contributed by atoms with E-state index < -0.39 is 17.8 Å². The van der Waals surface area contributed by atoms with Crippen molar-refractivity contribution >= 4 is 5.91 Å². The van der Waals surface area contributed by atoms with Crippen molar-refractivity contribution < 1.29 is 18.0 Å². The van der Waals surface area contributed by atoms with Crippen LogP contribution in [0.3, 0.4) is 0 Å². The number of rotatable bonds is 4. The minimum atomic E-state index is -4.41. The van der Waals surface area contributed by atoms with Gasteiger partial charge in [-0.05, 0) is 43.4 Å². The molecule has 0 aromatic heterocycles. The van der Waals surface area contributed by atoms with Crippen LogP contribution < -0.4 is 0 Å². The second-order valence-electron chi connectivity index (χ2n) is 6.20. The zero-order valence-corrected chi connectivity index (χ0v) is 12.0. The molecule has 0 spiro atoms. The molecule has 1 aromatic carbocycles. The normalized spacial score (nSPS) is 26.6. The lowest BCUT2D eigenvalue weighted by atomic mass is 10.1. The van der Waals surface area contributed by atoms with E-state index in [0.29, 0.717) is 11.5 Å². The van der Waals surface area contributed by atoms with Gasteiger partial charge in [0.2, 0.25) is 5.91 Å². The Morgan fingerprint density at radius 1 is 1.50 bits per heavy atom. The molecule has 2 fully saturated rings. The summed E-state index contributed by atoms with van der Waals surface area (Å²) in [5.41, 5.74) is -0.650. The van der Waals surface area contributed by atoms with Gasteiger partial charge in [-0.3, -0.25) is 4.79 Å². The topological polar surface area (TPSA) is 44.1 Å². The summed E-state index contributed by atoms with van der Waals surface area (Å²) in [7, 11) is 0. The fourth-order valence-electron chi connectivity index (χ4n) is 2.83. The van der Waals surface area contributed by atoms with Gasteiger partial charge in [0.15, 0.2) is 0 Å². The molecule has 1 amide bonds. The van der Waals surface area contributed by atoms with Gasteiger partial charge in [-0.2, -0.15) is 18.4 Å². The van der Waals surface area contributed by atoms with Gasteiger partial charge < -0.3 is 4.90 Å². The van der Waals surface area contributed by atoms with Crippen LogP contribution in [-0.2, 0) is 17.5 Å². The Balaban J connectivity index is 1.82. The van der Waals surface area contributed by atoms with Gasteiger partial charge in [-0.1, -0.05) is 12.1 Å². The summed E-state index contributed by atoms with van der Waals surface area (Å²) in [5, 5.41) is 9.09. The van der Waals surface area contributed by atoms with Crippen LogP contribution in [-0.4, -0.2) is 16.8 Å². The molecule has 0 saturated heterocycles. The Kier molecular flexibility index (Phi) is 3.20. The molecule has 0 radical (unpaired) electrons. The van der Waals surface area contributed by atoms with Crippen molar-refractivity contribution in [2.24, 2.45) is 11.3 Å². The Labute approximate surface area is 126 Å². The number of halogens is 3. The number of carbonyl (C=O) groups excluding carboxylic acids is 1. The summed E-state index contributed by atoms with van der Waals surface area (Å²) >= 11 is 0. The highest BCUT2D eigenvalue weighted by Crippen LogP contribution is 2.76. The minimum absolute atomic E-state index is 0.0337. The summed E-state index contributed by atoms with van der Waals surface area (Å²) in [6, 6.07) is 6.28. The zero-order valence-electron chi connectivity index (χ0n) is 12.0. The molecule has 1 aromatic rings. The average molecular weight is 308 g/mol. The maximum absolute atomic E-state index is 12.8. The predicted octanol–water partition coefficient (Wildman–Crippen LogP) is 3.36. The average Bonchev–Trinajstić information content (AvgIpc) is 3.32. The number of hydrogen-bond donors (Lipinski definition) is 0. The van der Waals surface area contributed by atoms with Crippen molar-refractivity contribution in [3.63, 3.8) is 0 Å². The van der Waals surface area contributed by atoms with Crippen molar-refractivity contribution in [1.29, 1.82) is 5.26 Å². The second kappa shape index (κ2) is 4.73. The van der Waals surface area contributed by atoms with Crippen LogP contribution in [0.4, 0.5) is 13.2 Å². The SMILES string of the molecule is CC(C#N)N(Cc1cccc(C(F)(F)F)c1)C(=O)C12CC1C2. The molecule has 3 rings (SSSR count). The van der Waals surface area contributed by atoms with E-state index in [-0.39, 0.29) is 17.9 Å². The number of benzene rings is 1. The Morgan fingerprint density at radius 3 is 2.64 bits per heavy atom. The summed E-state index contributed by atoms with van der Waals surface area (Å²) in [6.45, 7) is 1.63. The number of nitriles is 1. The molecular weight excluding hydrogens is 293 g/mol. The summed E-state index contributed by atoms with van der Waals surface area (Å²) in [4.78, 5) is 13.9. The van der Waals surface area contributed by atoms with Crippen LogP contribution in [0.1, 0.15) is 30.9 Å². The van der Waals surface area contributed by atoms with Gasteiger partial charge in [0.25, 0.3) is 0 Å². The number of nitrogens with zero attached hydrogens (tertiary/aromatic N) is 2. The molecular formula is C16H15F3N2O. The molecule has 0 heterocycles. The maximum Gasteiger partial charge on any atom is 0.416 e. The first kappa shape index (κ1) is 14.9. The number of alkyl halides is 3. The monoisotopic (exact) mass is 308 g/mol. The third-order valence-electron chi connectivity index (χ3n) is 4.63. The van der Waals surface area contributed by atoms with E-state index in [9.17, 15) is 18.0 Å². The van der Waals surface area contributed by atoms with Crippen LogP contribution in [0.15, 0.2) is 24.3 Å². The predicted molar refractivity (Wildman–Crippen MR) is 72.2 cm³/mol. The first-order valence-electron chi connectivity index (χ1n) is 7.15. The molecule has 0 N–H and O–H groups in total. The smallest absolute Gasteiger partial charge is 0.322 e. The Bertz CT molecular complexity index is 656. The molecule has 116 valence electrons. The van der Waals surface area contributed by atoms with Gasteiger partial charge in [0.1, 0.15) is 6.04 Å². The van der Waals surface area contributed by atoms with E-state index in [0.717, 1.165) is 25.0 Å². The van der Waals surface area contributed by atoms with Crippen LogP contribution in [0.25, 0.3) is 0 Å². The van der Waals surface area contributed by atoms with Crippen LogP contribution in [0.2, 0.25) is 0 Å². The van der Waals surface area contributed by atoms with Crippen LogP contribution in [0, 0.1) is 22.7 Å². The van der Waals surface area contributed by atoms with Gasteiger partial charge in [-0.25, -0.2) is 0 Å². The van der Waals surface area contributed by atoms with Crippen LogP contribution >= 0.6 is 0 Å². The van der Waals surface area contributed by atoms with E-state index in [1.54, 1.807) is 13.0 Å². The summed E-state index contributed by atoms with van der Waals surface area (Å²) in [6.07, 6.45) is -2.71. The van der Waals surface area contributed by atoms with Gasteiger partial charge in [0.05, 0.1) is 17.0 Å². The third-order valence-corrected chi connectivity index (χ3v) is 4.63. The van der Waals surface area contributed by atoms with Gasteiger partial charge in [0, 0.05) is 6.54 Å². The molecule has 3 nitrogen and oxygen atoms in total. The van der Waals surface area contributed by atoms with Crippen molar-refractivity contribution in [3.05, 3.63) is 35.4 Å². The van der Waals surface area contributed by atoms with Crippen LogP contribution in [0.5, 0.6) is 0 Å². The summed E-state index contributed by atoms with van der Waals surface area (Å²) < 4.78 is 38.3. The second-order valence-corrected chi connectivity index (χ2v) is 6.20. The van der Waals surface area contributed by atoms with Crippen molar-refractivity contribution in [2.75, 3.05) is 0 Å². The lowest BCUT2D eigenvalue weighted by Gasteiger charge is -2.27. The first-order valence-corrected chi connectivity index (χ1v) is 7.15. The van der Waals surface area contributed by atoms with Crippen molar-refractivity contribution in [3.8, 4) is 6.07 Å². The number of carbonyl (C=O) groups is 1. The molecule has 0 bridgehead atoms. The van der Waals surface area contributed by atoms with E-state index >= 15 is 0 Å². The summed E-state index contributed by atoms with van der Waals surface area (Å²) in [5.74, 6) is 0.332.